The Morgan fingerprint density at radius 3 is 2.63 bits per heavy atom. The second kappa shape index (κ2) is 10.0. The minimum absolute atomic E-state index is 0.0571. The molecule has 38 heavy (non-hydrogen) atoms. The van der Waals surface area contributed by atoms with Gasteiger partial charge in [0, 0.05) is 30.1 Å². The van der Waals surface area contributed by atoms with Gasteiger partial charge in [0.05, 0.1) is 29.7 Å². The highest BCUT2D eigenvalue weighted by molar-refractivity contribution is 5.96. The van der Waals surface area contributed by atoms with Crippen molar-refractivity contribution in [2.75, 3.05) is 11.9 Å². The standard InChI is InChI=1S/C27H24F5N5O/c1-15-11-16(5-8-20(15)26(38)35-18-6-7-18)23-14-34-25-22(33-10-9-27(30,31)32)13-19(36-37(23)25)12-17-3-2-4-21(28)24(17)29/h2-5,8,11,13-14,18,33H,6-7,9-10,12H2,1H3,(H,35,38). The molecule has 11 heteroatoms. The molecule has 0 radical (unpaired) electrons. The smallest absolute Gasteiger partial charge is 0.382 e. The number of aromatic nitrogens is 3. The summed E-state index contributed by atoms with van der Waals surface area (Å²) >= 11 is 0. The number of amides is 1. The van der Waals surface area contributed by atoms with Gasteiger partial charge in [0.15, 0.2) is 17.3 Å². The van der Waals surface area contributed by atoms with Crippen LogP contribution in [0.4, 0.5) is 27.6 Å². The Bertz CT molecular complexity index is 1510. The number of anilines is 1. The molecule has 198 valence electrons. The van der Waals surface area contributed by atoms with Gasteiger partial charge in [-0.15, -0.1) is 0 Å². The molecule has 1 aliphatic rings. The molecule has 5 rings (SSSR count). The highest BCUT2D eigenvalue weighted by Crippen LogP contribution is 2.29. The zero-order valence-corrected chi connectivity index (χ0v) is 20.4. The van der Waals surface area contributed by atoms with E-state index in [1.807, 2.05) is 13.0 Å². The van der Waals surface area contributed by atoms with E-state index in [0.717, 1.165) is 24.5 Å². The first kappa shape index (κ1) is 25.6. The maximum atomic E-state index is 14.4. The summed E-state index contributed by atoms with van der Waals surface area (Å²) in [6.45, 7) is 1.41. The Hall–Kier alpha value is -4.02. The van der Waals surface area contributed by atoms with Gasteiger partial charge in [-0.05, 0) is 55.2 Å². The fourth-order valence-electron chi connectivity index (χ4n) is 4.22. The van der Waals surface area contributed by atoms with Crippen molar-refractivity contribution in [1.82, 2.24) is 19.9 Å². The maximum absolute atomic E-state index is 14.4. The van der Waals surface area contributed by atoms with Crippen molar-refractivity contribution in [2.24, 2.45) is 0 Å². The van der Waals surface area contributed by atoms with Gasteiger partial charge in [0.25, 0.3) is 5.91 Å². The molecule has 0 saturated heterocycles. The zero-order valence-electron chi connectivity index (χ0n) is 20.4. The number of carbonyl (C=O) groups is 1. The molecule has 6 nitrogen and oxygen atoms in total. The van der Waals surface area contributed by atoms with E-state index in [2.05, 4.69) is 20.7 Å². The van der Waals surface area contributed by atoms with Crippen LogP contribution in [0.1, 0.15) is 46.4 Å². The van der Waals surface area contributed by atoms with Crippen molar-refractivity contribution >= 4 is 17.2 Å². The van der Waals surface area contributed by atoms with Crippen LogP contribution in [0, 0.1) is 18.6 Å². The minimum Gasteiger partial charge on any atom is -0.382 e. The van der Waals surface area contributed by atoms with Gasteiger partial charge in [-0.25, -0.2) is 18.3 Å². The number of rotatable bonds is 8. The van der Waals surface area contributed by atoms with Gasteiger partial charge in [-0.1, -0.05) is 18.2 Å². The lowest BCUT2D eigenvalue weighted by Gasteiger charge is -2.13. The van der Waals surface area contributed by atoms with E-state index in [9.17, 15) is 26.7 Å². The molecule has 0 unspecified atom stereocenters. The quantitative estimate of drug-likeness (QED) is 0.282. The molecule has 1 aliphatic carbocycles. The fourth-order valence-corrected chi connectivity index (χ4v) is 4.22. The van der Waals surface area contributed by atoms with E-state index < -0.39 is 30.8 Å². The van der Waals surface area contributed by atoms with Crippen LogP contribution in [0.5, 0.6) is 0 Å². The molecule has 2 heterocycles. The Balaban J connectivity index is 1.53. The van der Waals surface area contributed by atoms with E-state index in [-0.39, 0.29) is 35.3 Å². The Morgan fingerprint density at radius 2 is 1.92 bits per heavy atom. The summed E-state index contributed by atoms with van der Waals surface area (Å²) in [5.41, 5.74) is 3.39. The Morgan fingerprint density at radius 1 is 1.13 bits per heavy atom. The van der Waals surface area contributed by atoms with E-state index in [0.29, 0.717) is 22.5 Å². The minimum atomic E-state index is -4.35. The third-order valence-corrected chi connectivity index (χ3v) is 6.32. The van der Waals surface area contributed by atoms with E-state index in [1.165, 1.54) is 28.9 Å². The normalized spacial score (nSPS) is 13.6. The summed E-state index contributed by atoms with van der Waals surface area (Å²) in [7, 11) is 0. The lowest BCUT2D eigenvalue weighted by atomic mass is 10.0. The predicted octanol–water partition coefficient (Wildman–Crippen LogP) is 5.83. The summed E-state index contributed by atoms with van der Waals surface area (Å²) < 4.78 is 67.9. The van der Waals surface area contributed by atoms with Crippen molar-refractivity contribution in [1.29, 1.82) is 0 Å². The first-order valence-electron chi connectivity index (χ1n) is 12.1. The average Bonchev–Trinajstić information content (AvgIpc) is 3.56. The number of hydrogen-bond acceptors (Lipinski definition) is 4. The van der Waals surface area contributed by atoms with Gasteiger partial charge in [0.1, 0.15) is 0 Å². The van der Waals surface area contributed by atoms with Crippen LogP contribution in [0.2, 0.25) is 0 Å². The van der Waals surface area contributed by atoms with Crippen LogP contribution in [0.15, 0.2) is 48.7 Å². The first-order valence-corrected chi connectivity index (χ1v) is 12.1. The Kier molecular flexibility index (Phi) is 6.77. The lowest BCUT2D eigenvalue weighted by molar-refractivity contribution is -0.131. The molecule has 0 spiro atoms. The van der Waals surface area contributed by atoms with E-state index >= 15 is 0 Å². The summed E-state index contributed by atoms with van der Waals surface area (Å²) in [5, 5.41) is 10.3. The third-order valence-electron chi connectivity index (χ3n) is 6.32. The largest absolute Gasteiger partial charge is 0.390 e. The highest BCUT2D eigenvalue weighted by Gasteiger charge is 2.27. The Labute approximate surface area is 214 Å². The fraction of sp³-hybridized carbons (Fsp3) is 0.296. The molecule has 0 atom stereocenters. The summed E-state index contributed by atoms with van der Waals surface area (Å²) in [6, 6.07) is 10.8. The number of fused-ring (bicyclic) bond motifs is 1. The van der Waals surface area contributed by atoms with Crippen molar-refractivity contribution < 1.29 is 26.7 Å². The number of benzene rings is 2. The van der Waals surface area contributed by atoms with Gasteiger partial charge in [0.2, 0.25) is 0 Å². The van der Waals surface area contributed by atoms with Crippen molar-refractivity contribution in [2.45, 2.75) is 44.8 Å². The van der Waals surface area contributed by atoms with E-state index in [4.69, 9.17) is 0 Å². The van der Waals surface area contributed by atoms with Gasteiger partial charge < -0.3 is 10.6 Å². The number of imidazole rings is 1. The molecular formula is C27H24F5N5O. The van der Waals surface area contributed by atoms with Crippen LogP contribution in [-0.2, 0) is 6.42 Å². The molecule has 2 aromatic carbocycles. The van der Waals surface area contributed by atoms with Crippen LogP contribution < -0.4 is 10.6 Å². The monoisotopic (exact) mass is 529 g/mol. The number of alkyl halides is 3. The van der Waals surface area contributed by atoms with Crippen molar-refractivity contribution in [3.05, 3.63) is 82.7 Å². The molecule has 0 bridgehead atoms. The maximum Gasteiger partial charge on any atom is 0.390 e. The molecule has 1 fully saturated rings. The molecular weight excluding hydrogens is 505 g/mol. The number of carbonyl (C=O) groups excluding carboxylic acids is 1. The molecule has 0 aliphatic heterocycles. The molecule has 1 amide bonds. The topological polar surface area (TPSA) is 71.3 Å². The average molecular weight is 530 g/mol. The number of nitrogens with zero attached hydrogens (tertiary/aromatic N) is 3. The van der Waals surface area contributed by atoms with Crippen LogP contribution in [-0.4, -0.2) is 39.3 Å². The van der Waals surface area contributed by atoms with Crippen molar-refractivity contribution in [3.8, 4) is 11.3 Å². The summed E-state index contributed by atoms with van der Waals surface area (Å²) in [5.74, 6) is -2.16. The molecule has 2 aromatic heterocycles. The second-order valence-corrected chi connectivity index (χ2v) is 9.39. The SMILES string of the molecule is Cc1cc(-c2cnc3c(NCCC(F)(F)F)cc(Cc4cccc(F)c4F)nn23)ccc1C(=O)NC1CC1. The predicted molar refractivity (Wildman–Crippen MR) is 132 cm³/mol. The van der Waals surface area contributed by atoms with Crippen LogP contribution in [0.25, 0.3) is 16.9 Å². The molecule has 2 N–H and O–H groups in total. The van der Waals surface area contributed by atoms with Crippen molar-refractivity contribution in [3.63, 3.8) is 0 Å². The van der Waals surface area contributed by atoms with Crippen LogP contribution >= 0.6 is 0 Å². The summed E-state index contributed by atoms with van der Waals surface area (Å²) in [4.78, 5) is 16.9. The first-order chi connectivity index (χ1) is 18.1. The number of hydrogen-bond donors (Lipinski definition) is 2. The summed E-state index contributed by atoms with van der Waals surface area (Å²) in [6.07, 6.45) is -2.04. The number of aryl methyl sites for hydroxylation is 1. The van der Waals surface area contributed by atoms with Gasteiger partial charge >= 0.3 is 6.18 Å². The van der Waals surface area contributed by atoms with E-state index in [1.54, 1.807) is 12.1 Å². The lowest BCUT2D eigenvalue weighted by Crippen LogP contribution is -2.26. The van der Waals surface area contributed by atoms with Crippen LogP contribution in [0.3, 0.4) is 0 Å². The third kappa shape index (κ3) is 5.61. The number of nitrogens with one attached hydrogen (secondary N) is 2. The van der Waals surface area contributed by atoms with Gasteiger partial charge in [-0.2, -0.15) is 18.3 Å². The molecule has 1 saturated carbocycles. The van der Waals surface area contributed by atoms with Gasteiger partial charge in [-0.3, -0.25) is 4.79 Å². The zero-order chi connectivity index (χ0) is 27.0. The second-order valence-electron chi connectivity index (χ2n) is 9.39. The molecule has 4 aromatic rings. The number of halogens is 5. The highest BCUT2D eigenvalue weighted by atomic mass is 19.4.